The Morgan fingerprint density at radius 1 is 1.17 bits per heavy atom. The van der Waals surface area contributed by atoms with Gasteiger partial charge >= 0.3 is 0 Å². The molecule has 1 heterocycles. The molecule has 0 radical (unpaired) electrons. The molecule has 1 aliphatic heterocycles. The molecule has 18 heavy (non-hydrogen) atoms. The van der Waals surface area contributed by atoms with E-state index < -0.39 is 0 Å². The van der Waals surface area contributed by atoms with Crippen molar-refractivity contribution in [1.29, 1.82) is 0 Å². The van der Waals surface area contributed by atoms with Gasteiger partial charge in [-0.2, -0.15) is 0 Å². The maximum Gasteiger partial charge on any atom is 0.0664 e. The van der Waals surface area contributed by atoms with Gasteiger partial charge in [-0.15, -0.1) is 0 Å². The van der Waals surface area contributed by atoms with Crippen molar-refractivity contribution in [2.75, 3.05) is 19.8 Å². The summed E-state index contributed by atoms with van der Waals surface area (Å²) in [6, 6.07) is 9.80. The Labute approximate surface area is 111 Å². The summed E-state index contributed by atoms with van der Waals surface area (Å²) in [4.78, 5) is 2.56. The van der Waals surface area contributed by atoms with Crippen LogP contribution in [0.5, 0.6) is 0 Å². The third kappa shape index (κ3) is 2.76. The van der Waals surface area contributed by atoms with Crippen LogP contribution >= 0.6 is 0 Å². The number of rotatable bonds is 3. The Balaban J connectivity index is 2.33. The van der Waals surface area contributed by atoms with E-state index in [1.807, 2.05) is 0 Å². The number of hydrogen-bond acceptors (Lipinski definition) is 2. The first kappa shape index (κ1) is 13.6. The zero-order valence-corrected chi connectivity index (χ0v) is 12.0. The molecule has 1 aliphatic rings. The van der Waals surface area contributed by atoms with Crippen molar-refractivity contribution in [2.45, 2.75) is 45.7 Å². The van der Waals surface area contributed by atoms with E-state index in [4.69, 9.17) is 4.74 Å². The van der Waals surface area contributed by atoms with Crippen molar-refractivity contribution >= 4 is 0 Å². The Morgan fingerprint density at radius 2 is 1.89 bits per heavy atom. The number of nitrogens with zero attached hydrogens (tertiary/aromatic N) is 1. The maximum atomic E-state index is 5.71. The second-order valence-corrected chi connectivity index (χ2v) is 5.71. The first-order valence-electron chi connectivity index (χ1n) is 7.03. The minimum atomic E-state index is 0.414. The normalized spacial score (nSPS) is 21.8. The molecule has 0 spiro atoms. The molecule has 2 nitrogen and oxygen atoms in total. The molecule has 0 aromatic heterocycles. The topological polar surface area (TPSA) is 12.5 Å². The highest BCUT2D eigenvalue weighted by atomic mass is 16.5. The lowest BCUT2D eigenvalue weighted by Gasteiger charge is -2.39. The minimum absolute atomic E-state index is 0.414. The van der Waals surface area contributed by atoms with Gasteiger partial charge in [-0.25, -0.2) is 0 Å². The molecule has 0 bridgehead atoms. The lowest BCUT2D eigenvalue weighted by Crippen LogP contribution is -2.43. The van der Waals surface area contributed by atoms with Crippen LogP contribution in [0, 0.1) is 0 Å². The molecule has 1 atom stereocenters. The van der Waals surface area contributed by atoms with Gasteiger partial charge in [0.05, 0.1) is 19.3 Å². The maximum absolute atomic E-state index is 5.71. The van der Waals surface area contributed by atoms with Crippen LogP contribution in [0.15, 0.2) is 24.3 Å². The largest absolute Gasteiger partial charge is 0.378 e. The van der Waals surface area contributed by atoms with E-state index in [1.165, 1.54) is 11.1 Å². The molecule has 2 rings (SSSR count). The second-order valence-electron chi connectivity index (χ2n) is 5.71. The molecule has 100 valence electrons. The van der Waals surface area contributed by atoms with Crippen molar-refractivity contribution in [2.24, 2.45) is 0 Å². The summed E-state index contributed by atoms with van der Waals surface area (Å²) in [5, 5.41) is 0. The van der Waals surface area contributed by atoms with Crippen molar-refractivity contribution in [3.63, 3.8) is 0 Å². The van der Waals surface area contributed by atoms with Gasteiger partial charge in [0, 0.05) is 12.6 Å². The Hall–Kier alpha value is -0.860. The fourth-order valence-corrected chi connectivity index (χ4v) is 2.84. The van der Waals surface area contributed by atoms with Crippen LogP contribution in [-0.4, -0.2) is 30.7 Å². The van der Waals surface area contributed by atoms with Crippen molar-refractivity contribution in [3.05, 3.63) is 35.4 Å². The summed E-state index contributed by atoms with van der Waals surface area (Å²) < 4.78 is 5.71. The third-order valence-electron chi connectivity index (χ3n) is 3.81. The Bertz CT molecular complexity index is 386. The predicted octanol–water partition coefficient (Wildman–Crippen LogP) is 3.59. The van der Waals surface area contributed by atoms with Crippen LogP contribution in [0.4, 0.5) is 0 Å². The monoisotopic (exact) mass is 247 g/mol. The Kier molecular flexibility index (Phi) is 4.41. The molecule has 2 heteroatoms. The van der Waals surface area contributed by atoms with Crippen LogP contribution in [0.1, 0.15) is 50.8 Å². The van der Waals surface area contributed by atoms with E-state index in [0.29, 0.717) is 18.0 Å². The fourth-order valence-electron chi connectivity index (χ4n) is 2.84. The van der Waals surface area contributed by atoms with Crippen LogP contribution in [0.3, 0.4) is 0 Å². The summed E-state index contributed by atoms with van der Waals surface area (Å²) in [6.07, 6.45) is 0. The fraction of sp³-hybridized carbons (Fsp3) is 0.625. The van der Waals surface area contributed by atoms with Crippen LogP contribution in [0.2, 0.25) is 0 Å². The van der Waals surface area contributed by atoms with Crippen molar-refractivity contribution < 1.29 is 4.74 Å². The molecule has 0 saturated carbocycles. The van der Waals surface area contributed by atoms with Crippen molar-refractivity contribution in [3.8, 4) is 0 Å². The van der Waals surface area contributed by atoms with E-state index in [-0.39, 0.29) is 0 Å². The van der Waals surface area contributed by atoms with Gasteiger partial charge in [0.2, 0.25) is 0 Å². The van der Waals surface area contributed by atoms with Gasteiger partial charge < -0.3 is 4.74 Å². The van der Waals surface area contributed by atoms with Gasteiger partial charge in [-0.3, -0.25) is 4.90 Å². The number of hydrogen-bond donors (Lipinski definition) is 0. The third-order valence-corrected chi connectivity index (χ3v) is 3.81. The van der Waals surface area contributed by atoms with Gasteiger partial charge in [0.15, 0.2) is 0 Å². The SMILES string of the molecule is CC(C)c1ccccc1C1COCCN1C(C)C. The highest BCUT2D eigenvalue weighted by Gasteiger charge is 2.28. The van der Waals surface area contributed by atoms with E-state index in [2.05, 4.69) is 56.9 Å². The first-order valence-corrected chi connectivity index (χ1v) is 7.03. The van der Waals surface area contributed by atoms with Crippen molar-refractivity contribution in [1.82, 2.24) is 4.90 Å². The van der Waals surface area contributed by atoms with E-state index >= 15 is 0 Å². The number of ether oxygens (including phenoxy) is 1. The van der Waals surface area contributed by atoms with Gasteiger partial charge in [0.1, 0.15) is 0 Å². The average Bonchev–Trinajstić information content (AvgIpc) is 2.38. The van der Waals surface area contributed by atoms with Crippen LogP contribution in [0.25, 0.3) is 0 Å². The zero-order chi connectivity index (χ0) is 13.1. The molecule has 1 aromatic rings. The van der Waals surface area contributed by atoms with Gasteiger partial charge in [-0.05, 0) is 30.9 Å². The number of benzene rings is 1. The first-order chi connectivity index (χ1) is 8.61. The van der Waals surface area contributed by atoms with Crippen LogP contribution < -0.4 is 0 Å². The number of morpholine rings is 1. The average molecular weight is 247 g/mol. The van der Waals surface area contributed by atoms with Crippen LogP contribution in [-0.2, 0) is 4.74 Å². The van der Waals surface area contributed by atoms with Gasteiger partial charge in [-0.1, -0.05) is 38.1 Å². The predicted molar refractivity (Wildman–Crippen MR) is 75.9 cm³/mol. The lowest BCUT2D eigenvalue weighted by atomic mass is 9.91. The molecule has 0 aliphatic carbocycles. The summed E-state index contributed by atoms with van der Waals surface area (Å²) in [5.41, 5.74) is 2.90. The standard InChI is InChI=1S/C16H25NO/c1-12(2)14-7-5-6-8-15(14)16-11-18-10-9-17(16)13(3)4/h5-8,12-13,16H,9-11H2,1-4H3. The molecule has 0 amide bonds. The molecule has 1 fully saturated rings. The van der Waals surface area contributed by atoms with E-state index in [1.54, 1.807) is 0 Å². The Morgan fingerprint density at radius 3 is 2.56 bits per heavy atom. The molecule has 0 N–H and O–H groups in total. The smallest absolute Gasteiger partial charge is 0.0664 e. The summed E-state index contributed by atoms with van der Waals surface area (Å²) in [6.45, 7) is 11.8. The minimum Gasteiger partial charge on any atom is -0.378 e. The summed E-state index contributed by atoms with van der Waals surface area (Å²) in [7, 11) is 0. The van der Waals surface area contributed by atoms with E-state index in [9.17, 15) is 0 Å². The van der Waals surface area contributed by atoms with E-state index in [0.717, 1.165) is 19.8 Å². The molecular formula is C16H25NO. The summed E-state index contributed by atoms with van der Waals surface area (Å²) >= 11 is 0. The molecule has 1 unspecified atom stereocenters. The molecule has 1 aromatic carbocycles. The highest BCUT2D eigenvalue weighted by molar-refractivity contribution is 5.33. The second kappa shape index (κ2) is 5.85. The quantitative estimate of drug-likeness (QED) is 0.809. The molecule has 1 saturated heterocycles. The summed E-state index contributed by atoms with van der Waals surface area (Å²) in [5.74, 6) is 0.567. The zero-order valence-electron chi connectivity index (χ0n) is 12.0. The molecular weight excluding hydrogens is 222 g/mol. The van der Waals surface area contributed by atoms with Gasteiger partial charge in [0.25, 0.3) is 0 Å². The highest BCUT2D eigenvalue weighted by Crippen LogP contribution is 2.31. The lowest BCUT2D eigenvalue weighted by molar-refractivity contribution is -0.0237.